The van der Waals surface area contributed by atoms with Crippen LogP contribution in [-0.4, -0.2) is 11.8 Å². The van der Waals surface area contributed by atoms with Crippen LogP contribution in [0, 0.1) is 37.5 Å². The van der Waals surface area contributed by atoms with Gasteiger partial charge in [-0.1, -0.05) is 18.2 Å². The number of nitrogens with zero attached hydrogens (tertiary/aromatic N) is 1. The van der Waals surface area contributed by atoms with Gasteiger partial charge >= 0.3 is 0 Å². The molecule has 3 nitrogen and oxygen atoms in total. The monoisotopic (exact) mass is 281 g/mol. The fraction of sp³-hybridized carbons (Fsp3) is 0.444. The summed E-state index contributed by atoms with van der Waals surface area (Å²) in [4.78, 5) is 27.1. The molecule has 1 saturated heterocycles. The summed E-state index contributed by atoms with van der Waals surface area (Å²) in [6.07, 6.45) is 6.40. The summed E-state index contributed by atoms with van der Waals surface area (Å²) in [6, 6.07) is 5.84. The number of anilines is 1. The van der Waals surface area contributed by atoms with E-state index in [0.29, 0.717) is 0 Å². The number of benzene rings is 1. The third-order valence-electron chi connectivity index (χ3n) is 5.51. The van der Waals surface area contributed by atoms with E-state index < -0.39 is 0 Å². The SMILES string of the molecule is Cc1ccc(N2C(=O)[C@@H]3[C@H](C2=O)[C@H]2C=C[C@H]3CC2)cc1C. The zero-order valence-electron chi connectivity index (χ0n) is 12.4. The molecule has 1 aromatic carbocycles. The summed E-state index contributed by atoms with van der Waals surface area (Å²) in [6.45, 7) is 4.05. The zero-order valence-corrected chi connectivity index (χ0v) is 12.4. The van der Waals surface area contributed by atoms with Crippen molar-refractivity contribution in [3.8, 4) is 0 Å². The molecule has 2 amide bonds. The summed E-state index contributed by atoms with van der Waals surface area (Å²) in [5, 5.41) is 0. The van der Waals surface area contributed by atoms with Crippen LogP contribution < -0.4 is 4.90 Å². The Morgan fingerprint density at radius 3 is 1.95 bits per heavy atom. The van der Waals surface area contributed by atoms with Gasteiger partial charge in [-0.05, 0) is 61.8 Å². The van der Waals surface area contributed by atoms with Crippen molar-refractivity contribution in [2.75, 3.05) is 4.90 Å². The van der Waals surface area contributed by atoms with Crippen molar-refractivity contribution in [2.45, 2.75) is 26.7 Å². The van der Waals surface area contributed by atoms with Crippen molar-refractivity contribution >= 4 is 17.5 Å². The van der Waals surface area contributed by atoms with Gasteiger partial charge in [0.25, 0.3) is 0 Å². The minimum atomic E-state index is -0.122. The number of amides is 2. The number of allylic oxidation sites excluding steroid dienone is 2. The second-order valence-corrected chi connectivity index (χ2v) is 6.62. The summed E-state index contributed by atoms with van der Waals surface area (Å²) in [7, 11) is 0. The third-order valence-corrected chi connectivity index (χ3v) is 5.51. The molecular weight excluding hydrogens is 262 g/mol. The lowest BCUT2D eigenvalue weighted by molar-refractivity contribution is -0.124. The zero-order chi connectivity index (χ0) is 14.7. The lowest BCUT2D eigenvalue weighted by atomic mass is 9.63. The van der Waals surface area contributed by atoms with E-state index in [0.717, 1.165) is 24.1 Å². The molecule has 4 aliphatic rings. The van der Waals surface area contributed by atoms with Gasteiger partial charge in [-0.3, -0.25) is 14.5 Å². The molecule has 2 bridgehead atoms. The largest absolute Gasteiger partial charge is 0.274 e. The molecule has 0 N–H and O–H groups in total. The number of carbonyl (C=O) groups excluding carboxylic acids is 2. The van der Waals surface area contributed by atoms with Crippen molar-refractivity contribution < 1.29 is 9.59 Å². The highest BCUT2D eigenvalue weighted by Gasteiger charge is 2.56. The maximum absolute atomic E-state index is 12.8. The van der Waals surface area contributed by atoms with Gasteiger partial charge in [0.2, 0.25) is 11.8 Å². The average molecular weight is 281 g/mol. The van der Waals surface area contributed by atoms with Crippen molar-refractivity contribution in [1.82, 2.24) is 0 Å². The molecule has 4 atom stereocenters. The Labute approximate surface area is 124 Å². The highest BCUT2D eigenvalue weighted by molar-refractivity contribution is 6.22. The van der Waals surface area contributed by atoms with Gasteiger partial charge < -0.3 is 0 Å². The number of aryl methyl sites for hydroxylation is 2. The van der Waals surface area contributed by atoms with Crippen LogP contribution in [0.1, 0.15) is 24.0 Å². The molecule has 2 fully saturated rings. The van der Waals surface area contributed by atoms with Gasteiger partial charge in [0, 0.05) is 0 Å². The quantitative estimate of drug-likeness (QED) is 0.586. The van der Waals surface area contributed by atoms with Gasteiger partial charge in [-0.15, -0.1) is 0 Å². The number of hydrogen-bond donors (Lipinski definition) is 0. The molecule has 3 aliphatic carbocycles. The second kappa shape index (κ2) is 4.30. The summed E-state index contributed by atoms with van der Waals surface area (Å²) in [5.41, 5.74) is 3.03. The van der Waals surface area contributed by atoms with Crippen LogP contribution in [0.25, 0.3) is 0 Å². The van der Waals surface area contributed by atoms with Crippen LogP contribution in [0.3, 0.4) is 0 Å². The van der Waals surface area contributed by atoms with Crippen LogP contribution in [-0.2, 0) is 9.59 Å². The van der Waals surface area contributed by atoms with E-state index in [1.807, 2.05) is 32.0 Å². The van der Waals surface area contributed by atoms with E-state index in [-0.39, 0.29) is 35.5 Å². The molecule has 1 saturated carbocycles. The van der Waals surface area contributed by atoms with E-state index in [1.165, 1.54) is 10.5 Å². The fourth-order valence-corrected chi connectivity index (χ4v) is 4.19. The first-order valence-corrected chi connectivity index (χ1v) is 7.71. The van der Waals surface area contributed by atoms with Gasteiger partial charge in [0.15, 0.2) is 0 Å². The molecule has 21 heavy (non-hydrogen) atoms. The first-order chi connectivity index (χ1) is 10.1. The topological polar surface area (TPSA) is 37.4 Å². The molecule has 3 heteroatoms. The van der Waals surface area contributed by atoms with Crippen LogP contribution >= 0.6 is 0 Å². The van der Waals surface area contributed by atoms with Crippen molar-refractivity contribution in [2.24, 2.45) is 23.7 Å². The van der Waals surface area contributed by atoms with Crippen molar-refractivity contribution in [3.05, 3.63) is 41.5 Å². The van der Waals surface area contributed by atoms with Crippen LogP contribution in [0.4, 0.5) is 5.69 Å². The van der Waals surface area contributed by atoms with E-state index in [1.54, 1.807) is 0 Å². The Bertz CT molecular complexity index is 644. The molecule has 0 radical (unpaired) electrons. The minimum Gasteiger partial charge on any atom is -0.274 e. The summed E-state index contributed by atoms with van der Waals surface area (Å²) < 4.78 is 0. The standard InChI is InChI=1S/C18H19NO2/c1-10-3-8-14(9-11(10)2)19-17(20)15-12-4-5-13(7-6-12)16(15)18(19)21/h3-5,8-9,12-13,15-16H,6-7H2,1-2H3/t12-,13-,15-,16+/m0/s1. The summed E-state index contributed by atoms with van der Waals surface area (Å²) >= 11 is 0. The predicted molar refractivity (Wildman–Crippen MR) is 80.7 cm³/mol. The maximum Gasteiger partial charge on any atom is 0.238 e. The number of fused-ring (bicyclic) bond motifs is 1. The second-order valence-electron chi connectivity index (χ2n) is 6.62. The third kappa shape index (κ3) is 1.66. The Morgan fingerprint density at radius 2 is 1.48 bits per heavy atom. The molecule has 1 heterocycles. The number of carbonyl (C=O) groups is 2. The van der Waals surface area contributed by atoms with E-state index >= 15 is 0 Å². The maximum atomic E-state index is 12.8. The lowest BCUT2D eigenvalue weighted by Crippen LogP contribution is -2.38. The fourth-order valence-electron chi connectivity index (χ4n) is 4.19. The van der Waals surface area contributed by atoms with Crippen molar-refractivity contribution in [3.63, 3.8) is 0 Å². The highest BCUT2D eigenvalue weighted by Crippen LogP contribution is 2.50. The first kappa shape index (κ1) is 12.8. The van der Waals surface area contributed by atoms with Gasteiger partial charge in [-0.2, -0.15) is 0 Å². The number of imide groups is 1. The Kier molecular flexibility index (Phi) is 2.62. The predicted octanol–water partition coefficient (Wildman–Crippen LogP) is 3.01. The van der Waals surface area contributed by atoms with Crippen molar-refractivity contribution in [1.29, 1.82) is 0 Å². The Morgan fingerprint density at radius 1 is 0.905 bits per heavy atom. The lowest BCUT2D eigenvalue weighted by Gasteiger charge is -2.38. The van der Waals surface area contributed by atoms with Gasteiger partial charge in [0.1, 0.15) is 0 Å². The molecule has 1 aromatic rings. The summed E-state index contributed by atoms with van der Waals surface area (Å²) in [5.74, 6) is 0.284. The Balaban J connectivity index is 1.76. The van der Waals surface area contributed by atoms with Crippen LogP contribution in [0.15, 0.2) is 30.4 Å². The molecule has 0 aromatic heterocycles. The van der Waals surface area contributed by atoms with Crippen LogP contribution in [0.2, 0.25) is 0 Å². The van der Waals surface area contributed by atoms with E-state index in [4.69, 9.17) is 0 Å². The molecule has 0 unspecified atom stereocenters. The Hall–Kier alpha value is -1.90. The average Bonchev–Trinajstić information content (AvgIpc) is 2.78. The number of hydrogen-bond acceptors (Lipinski definition) is 2. The van der Waals surface area contributed by atoms with E-state index in [2.05, 4.69) is 12.2 Å². The highest BCUT2D eigenvalue weighted by atomic mass is 16.2. The van der Waals surface area contributed by atoms with E-state index in [9.17, 15) is 9.59 Å². The normalized spacial score (nSPS) is 33.7. The molecular formula is C18H19NO2. The molecule has 5 rings (SSSR count). The van der Waals surface area contributed by atoms with Crippen LogP contribution in [0.5, 0.6) is 0 Å². The minimum absolute atomic E-state index is 0.00676. The molecule has 1 aliphatic heterocycles. The van der Waals surface area contributed by atoms with Gasteiger partial charge in [-0.25, -0.2) is 0 Å². The first-order valence-electron chi connectivity index (χ1n) is 7.71. The smallest absolute Gasteiger partial charge is 0.238 e. The van der Waals surface area contributed by atoms with Gasteiger partial charge in [0.05, 0.1) is 17.5 Å². The number of rotatable bonds is 1. The molecule has 0 spiro atoms. The molecule has 108 valence electrons.